The van der Waals surface area contributed by atoms with Crippen molar-refractivity contribution in [2.24, 2.45) is 5.73 Å². The fourth-order valence-electron chi connectivity index (χ4n) is 0.370. The van der Waals surface area contributed by atoms with E-state index >= 15 is 0 Å². The number of primary amides is 1. The summed E-state index contributed by atoms with van der Waals surface area (Å²) < 4.78 is 9.11. The first-order valence-corrected chi connectivity index (χ1v) is 2.05. The van der Waals surface area contributed by atoms with Crippen LogP contribution in [0.4, 0.5) is 0 Å². The molecule has 0 aromatic heterocycles. The Balaban J connectivity index is 0. The molecular weight excluding hydrogens is 181 g/mol. The van der Waals surface area contributed by atoms with Gasteiger partial charge in [-0.25, -0.2) is 0 Å². The quantitative estimate of drug-likeness (QED) is 0.637. The molecule has 1 rings (SSSR count). The molecule has 4 nitrogen and oxygen atoms in total. The summed E-state index contributed by atoms with van der Waals surface area (Å²) >= 11 is 0. The molecule has 0 aliphatic carbocycles. The van der Waals surface area contributed by atoms with Gasteiger partial charge in [0, 0.05) is 0 Å². The van der Waals surface area contributed by atoms with Crippen LogP contribution in [0.1, 0.15) is 0 Å². The largest absolute Gasteiger partial charge is 0.461 e. The van der Waals surface area contributed by atoms with Gasteiger partial charge in [-0.3, -0.25) is 4.79 Å². The van der Waals surface area contributed by atoms with E-state index in [4.69, 9.17) is 5.73 Å². The van der Waals surface area contributed by atoms with E-state index in [1.54, 1.807) is 0 Å². The van der Waals surface area contributed by atoms with Crippen molar-refractivity contribution in [3.8, 4) is 0 Å². The highest BCUT2D eigenvalue weighted by atomic mass is 35.5. The summed E-state index contributed by atoms with van der Waals surface area (Å²) in [5, 5.41) is 0. The number of ether oxygens (including phenoxy) is 2. The normalized spacial score (nSPS) is 13.0. The first-order valence-electron chi connectivity index (χ1n) is 2.05. The van der Waals surface area contributed by atoms with Crippen LogP contribution in [0.3, 0.4) is 0 Å². The predicted molar refractivity (Wildman–Crippen MR) is 38.8 cm³/mol. The summed E-state index contributed by atoms with van der Waals surface area (Å²) in [4.78, 5) is 10.2. The van der Waals surface area contributed by atoms with Gasteiger partial charge in [-0.1, -0.05) is 0 Å². The van der Waals surface area contributed by atoms with Crippen molar-refractivity contribution in [2.75, 3.05) is 6.79 Å². The molecule has 0 radical (unpaired) electrons. The number of hydrogen-bond donors (Lipinski definition) is 1. The minimum Gasteiger partial charge on any atom is -0.461 e. The maximum absolute atomic E-state index is 10.2. The van der Waals surface area contributed by atoms with E-state index in [-0.39, 0.29) is 37.4 Å². The van der Waals surface area contributed by atoms with Crippen LogP contribution in [0.5, 0.6) is 0 Å². The molecule has 0 fully saturated rings. The van der Waals surface area contributed by atoms with Gasteiger partial charge >= 0.3 is 0 Å². The zero-order chi connectivity index (χ0) is 5.98. The van der Waals surface area contributed by atoms with Gasteiger partial charge in [0.1, 0.15) is 6.26 Å². The number of amides is 1. The third-order valence-corrected chi connectivity index (χ3v) is 0.716. The number of carbonyl (C=O) groups excluding carboxylic acids is 1. The number of nitrogens with two attached hydrogens (primary N) is 1. The Kier molecular flexibility index (Phi) is 6.29. The highest BCUT2D eigenvalue weighted by Crippen LogP contribution is 2.03. The molecule has 0 saturated carbocycles. The van der Waals surface area contributed by atoms with Gasteiger partial charge in [0.15, 0.2) is 0 Å². The molecule has 2 N–H and O–H groups in total. The Morgan fingerprint density at radius 2 is 2.20 bits per heavy atom. The van der Waals surface area contributed by atoms with Crippen molar-refractivity contribution >= 4 is 30.7 Å². The Morgan fingerprint density at radius 1 is 1.60 bits per heavy atom. The lowest BCUT2D eigenvalue weighted by molar-refractivity contribution is -0.117. The monoisotopic (exact) mass is 187 g/mol. The molecule has 10 heavy (non-hydrogen) atoms. The smallest absolute Gasteiger partial charge is 0.287 e. The Bertz CT molecular complexity index is 147. The van der Waals surface area contributed by atoms with Gasteiger partial charge in [-0.05, 0) is 0 Å². The molecule has 60 valence electrons. The Hall–Kier alpha value is -0.610. The van der Waals surface area contributed by atoms with Gasteiger partial charge in [-0.2, -0.15) is 0 Å². The van der Waals surface area contributed by atoms with E-state index in [2.05, 4.69) is 9.47 Å². The van der Waals surface area contributed by atoms with E-state index < -0.39 is 5.91 Å². The van der Waals surface area contributed by atoms with Crippen LogP contribution in [-0.2, 0) is 14.3 Å². The average Bonchev–Trinajstić information content (AvgIpc) is 2.12. The Labute approximate surface area is 70.2 Å². The fraction of sp³-hybridized carbons (Fsp3) is 0.250. The van der Waals surface area contributed by atoms with Gasteiger partial charge in [0.05, 0.1) is 0 Å². The summed E-state index contributed by atoms with van der Waals surface area (Å²) in [5.74, 6) is -0.507. The second-order valence-corrected chi connectivity index (χ2v) is 1.28. The second kappa shape index (κ2) is 5.20. The molecule has 0 atom stereocenters. The van der Waals surface area contributed by atoms with Crippen LogP contribution < -0.4 is 5.73 Å². The SMILES string of the molecule is Cl.Cl.NC(=O)C1=COCO1. The van der Waals surface area contributed by atoms with Gasteiger partial charge in [-0.15, -0.1) is 24.8 Å². The molecular formula is C4H7Cl2NO3. The average molecular weight is 188 g/mol. The molecule has 1 aliphatic heterocycles. The van der Waals surface area contributed by atoms with Crippen molar-refractivity contribution in [3.63, 3.8) is 0 Å². The van der Waals surface area contributed by atoms with Crippen LogP contribution in [0, 0.1) is 0 Å². The topological polar surface area (TPSA) is 61.6 Å². The Morgan fingerprint density at radius 3 is 2.40 bits per heavy atom. The summed E-state index contributed by atoms with van der Waals surface area (Å²) in [6.07, 6.45) is 1.20. The lowest BCUT2D eigenvalue weighted by atomic mass is 10.5. The van der Waals surface area contributed by atoms with E-state index in [0.717, 1.165) is 0 Å². The highest BCUT2D eigenvalue weighted by molar-refractivity contribution is 5.89. The maximum Gasteiger partial charge on any atom is 0.287 e. The zero-order valence-corrected chi connectivity index (χ0v) is 6.54. The molecule has 1 amide bonds. The zero-order valence-electron chi connectivity index (χ0n) is 4.90. The summed E-state index contributed by atoms with van der Waals surface area (Å²) in [5.41, 5.74) is 4.79. The molecule has 0 saturated heterocycles. The third kappa shape index (κ3) is 2.80. The van der Waals surface area contributed by atoms with Crippen molar-refractivity contribution in [1.82, 2.24) is 0 Å². The molecule has 1 aliphatic rings. The molecule has 0 bridgehead atoms. The second-order valence-electron chi connectivity index (χ2n) is 1.28. The van der Waals surface area contributed by atoms with Gasteiger partial charge in [0.25, 0.3) is 5.91 Å². The summed E-state index contributed by atoms with van der Waals surface area (Å²) in [6, 6.07) is 0. The molecule has 6 heteroatoms. The molecule has 0 aromatic carbocycles. The molecule has 0 aromatic rings. The van der Waals surface area contributed by atoms with Gasteiger partial charge < -0.3 is 15.2 Å². The summed E-state index contributed by atoms with van der Waals surface area (Å²) in [6.45, 7) is 0.0955. The van der Waals surface area contributed by atoms with Crippen molar-refractivity contribution in [3.05, 3.63) is 12.0 Å². The van der Waals surface area contributed by atoms with E-state index in [1.165, 1.54) is 6.26 Å². The van der Waals surface area contributed by atoms with E-state index in [0.29, 0.717) is 0 Å². The van der Waals surface area contributed by atoms with Gasteiger partial charge in [0.2, 0.25) is 12.6 Å². The third-order valence-electron chi connectivity index (χ3n) is 0.716. The first-order chi connectivity index (χ1) is 3.80. The van der Waals surface area contributed by atoms with Crippen LogP contribution in [-0.4, -0.2) is 12.7 Å². The fourth-order valence-corrected chi connectivity index (χ4v) is 0.370. The number of hydrogen-bond acceptors (Lipinski definition) is 3. The maximum atomic E-state index is 10.2. The van der Waals surface area contributed by atoms with E-state index in [9.17, 15) is 4.79 Å². The highest BCUT2D eigenvalue weighted by Gasteiger charge is 2.10. The molecule has 0 unspecified atom stereocenters. The first kappa shape index (κ1) is 12.1. The van der Waals surface area contributed by atoms with Crippen molar-refractivity contribution in [2.45, 2.75) is 0 Å². The standard InChI is InChI=1S/C4H5NO3.2ClH/c5-4(6)3-1-7-2-8-3;;/h1H,2H2,(H2,5,6);2*1H. The number of carbonyl (C=O) groups is 1. The van der Waals surface area contributed by atoms with Crippen LogP contribution in [0.25, 0.3) is 0 Å². The van der Waals surface area contributed by atoms with Crippen LogP contribution in [0.2, 0.25) is 0 Å². The van der Waals surface area contributed by atoms with E-state index in [1.807, 2.05) is 0 Å². The lowest BCUT2D eigenvalue weighted by Crippen LogP contribution is -2.13. The van der Waals surface area contributed by atoms with Crippen molar-refractivity contribution in [1.29, 1.82) is 0 Å². The van der Waals surface area contributed by atoms with Crippen LogP contribution >= 0.6 is 24.8 Å². The molecule has 1 heterocycles. The number of halogens is 2. The predicted octanol–water partition coefficient (Wildman–Crippen LogP) is 0.161. The minimum atomic E-state index is -0.595. The number of rotatable bonds is 1. The summed E-state index contributed by atoms with van der Waals surface area (Å²) in [7, 11) is 0. The lowest BCUT2D eigenvalue weighted by Gasteiger charge is -1.90. The minimum absolute atomic E-state index is 0. The molecule has 0 spiro atoms. The van der Waals surface area contributed by atoms with Crippen LogP contribution in [0.15, 0.2) is 12.0 Å². The van der Waals surface area contributed by atoms with Crippen molar-refractivity contribution < 1.29 is 14.3 Å².